The van der Waals surface area contributed by atoms with E-state index in [2.05, 4.69) is 0 Å². The molecule has 0 aromatic carbocycles. The monoisotopic (exact) mass is 215 g/mol. The van der Waals surface area contributed by atoms with Crippen LogP contribution < -0.4 is 5.73 Å². The zero-order valence-electron chi connectivity index (χ0n) is 10.5. The summed E-state index contributed by atoms with van der Waals surface area (Å²) < 4.78 is 5.15. The topological polar surface area (TPSA) is 52.3 Å². The van der Waals surface area contributed by atoms with Crippen LogP contribution in [0.25, 0.3) is 0 Å². The van der Waals surface area contributed by atoms with Crippen LogP contribution in [0.2, 0.25) is 0 Å². The summed E-state index contributed by atoms with van der Waals surface area (Å²) in [5.74, 6) is 0.334. The van der Waals surface area contributed by atoms with Gasteiger partial charge in [0.1, 0.15) is 0 Å². The summed E-state index contributed by atoms with van der Waals surface area (Å²) in [6, 6.07) is 0.226. The van der Waals surface area contributed by atoms with Crippen molar-refractivity contribution < 1.29 is 9.53 Å². The molecule has 0 radical (unpaired) electrons. The Morgan fingerprint density at radius 2 is 1.80 bits per heavy atom. The third-order valence-electron chi connectivity index (χ3n) is 2.26. The van der Waals surface area contributed by atoms with Gasteiger partial charge >= 0.3 is 5.97 Å². The molecule has 0 aliphatic heterocycles. The molecule has 90 valence electrons. The summed E-state index contributed by atoms with van der Waals surface area (Å²) in [6.45, 7) is 8.50. The maximum atomic E-state index is 11.5. The Morgan fingerprint density at radius 1 is 1.20 bits per heavy atom. The molecule has 0 aliphatic rings. The quantitative estimate of drug-likeness (QED) is 0.663. The first-order valence-electron chi connectivity index (χ1n) is 5.85. The third-order valence-corrected chi connectivity index (χ3v) is 2.26. The van der Waals surface area contributed by atoms with E-state index < -0.39 is 0 Å². The Hall–Kier alpha value is -0.570. The van der Waals surface area contributed by atoms with Gasteiger partial charge in [0, 0.05) is 6.04 Å². The Morgan fingerprint density at radius 3 is 2.27 bits per heavy atom. The molecule has 0 aromatic heterocycles. The smallest absolute Gasteiger partial charge is 0.308 e. The van der Waals surface area contributed by atoms with Gasteiger partial charge in [0.15, 0.2) is 0 Å². The minimum atomic E-state index is -0.0756. The van der Waals surface area contributed by atoms with Crippen molar-refractivity contribution in [3.05, 3.63) is 0 Å². The van der Waals surface area contributed by atoms with E-state index in [1.54, 1.807) is 0 Å². The number of hydrogen-bond acceptors (Lipinski definition) is 3. The first kappa shape index (κ1) is 14.4. The average Bonchev–Trinajstić information content (AvgIpc) is 2.13. The van der Waals surface area contributed by atoms with Crippen LogP contribution in [0.4, 0.5) is 0 Å². The highest BCUT2D eigenvalue weighted by molar-refractivity contribution is 5.71. The SMILES string of the molecule is CC(C)COC(=O)C(C)CCCC(C)N. The second-order valence-electron chi connectivity index (χ2n) is 4.83. The number of ether oxygens (including phenoxy) is 1. The van der Waals surface area contributed by atoms with Gasteiger partial charge in [0.25, 0.3) is 0 Å². The van der Waals surface area contributed by atoms with Gasteiger partial charge in [-0.3, -0.25) is 4.79 Å². The van der Waals surface area contributed by atoms with E-state index in [1.807, 2.05) is 27.7 Å². The normalized spacial score (nSPS) is 15.1. The molecule has 3 heteroatoms. The predicted octanol–water partition coefficient (Wildman–Crippen LogP) is 2.34. The fourth-order valence-electron chi connectivity index (χ4n) is 1.25. The Balaban J connectivity index is 3.60. The molecular weight excluding hydrogens is 190 g/mol. The number of carbonyl (C=O) groups excluding carboxylic acids is 1. The molecule has 0 saturated heterocycles. The maximum absolute atomic E-state index is 11.5. The van der Waals surface area contributed by atoms with Gasteiger partial charge in [0.05, 0.1) is 12.5 Å². The van der Waals surface area contributed by atoms with E-state index in [0.29, 0.717) is 12.5 Å². The van der Waals surface area contributed by atoms with Crippen molar-refractivity contribution in [3.63, 3.8) is 0 Å². The summed E-state index contributed by atoms with van der Waals surface area (Å²) in [7, 11) is 0. The highest BCUT2D eigenvalue weighted by Gasteiger charge is 2.14. The number of rotatable bonds is 7. The minimum Gasteiger partial charge on any atom is -0.465 e. The molecule has 0 saturated carbocycles. The van der Waals surface area contributed by atoms with Crippen molar-refractivity contribution in [1.82, 2.24) is 0 Å². The van der Waals surface area contributed by atoms with Crippen LogP contribution in [0, 0.1) is 11.8 Å². The lowest BCUT2D eigenvalue weighted by Gasteiger charge is -2.13. The lowest BCUT2D eigenvalue weighted by atomic mass is 10.0. The van der Waals surface area contributed by atoms with Gasteiger partial charge in [0.2, 0.25) is 0 Å². The van der Waals surface area contributed by atoms with Gasteiger partial charge in [-0.15, -0.1) is 0 Å². The average molecular weight is 215 g/mol. The van der Waals surface area contributed by atoms with Gasteiger partial charge in [-0.2, -0.15) is 0 Å². The first-order valence-corrected chi connectivity index (χ1v) is 5.85. The van der Waals surface area contributed by atoms with E-state index in [9.17, 15) is 4.79 Å². The lowest BCUT2D eigenvalue weighted by molar-refractivity contribution is -0.149. The number of esters is 1. The molecule has 0 fully saturated rings. The summed E-state index contributed by atoms with van der Waals surface area (Å²) >= 11 is 0. The maximum Gasteiger partial charge on any atom is 0.308 e. The van der Waals surface area contributed by atoms with Gasteiger partial charge in [-0.05, 0) is 25.7 Å². The van der Waals surface area contributed by atoms with Gasteiger partial charge in [-0.25, -0.2) is 0 Å². The highest BCUT2D eigenvalue weighted by Crippen LogP contribution is 2.11. The first-order chi connectivity index (χ1) is 6.93. The van der Waals surface area contributed by atoms with Crippen LogP contribution in [0.15, 0.2) is 0 Å². The van der Waals surface area contributed by atoms with Crippen molar-refractivity contribution in [2.45, 2.75) is 53.0 Å². The van der Waals surface area contributed by atoms with Crippen LogP contribution >= 0.6 is 0 Å². The second kappa shape index (κ2) is 7.69. The molecule has 0 aromatic rings. The fourth-order valence-corrected chi connectivity index (χ4v) is 1.25. The van der Waals surface area contributed by atoms with E-state index in [0.717, 1.165) is 19.3 Å². The zero-order valence-corrected chi connectivity index (χ0v) is 10.5. The molecule has 3 nitrogen and oxygen atoms in total. The lowest BCUT2D eigenvalue weighted by Crippen LogP contribution is -2.19. The van der Waals surface area contributed by atoms with Crippen LogP contribution in [0.3, 0.4) is 0 Å². The molecule has 0 amide bonds. The van der Waals surface area contributed by atoms with Crippen LogP contribution in [-0.2, 0) is 9.53 Å². The summed E-state index contributed by atoms with van der Waals surface area (Å²) in [6.07, 6.45) is 2.84. The molecule has 0 rings (SSSR count). The van der Waals surface area contributed by atoms with Gasteiger partial charge in [-0.1, -0.05) is 27.2 Å². The number of nitrogens with two attached hydrogens (primary N) is 1. The highest BCUT2D eigenvalue weighted by atomic mass is 16.5. The fraction of sp³-hybridized carbons (Fsp3) is 0.917. The van der Waals surface area contributed by atoms with Crippen LogP contribution in [0.1, 0.15) is 47.0 Å². The molecule has 2 unspecified atom stereocenters. The van der Waals surface area contributed by atoms with Crippen LogP contribution in [0.5, 0.6) is 0 Å². The molecule has 0 heterocycles. The largest absolute Gasteiger partial charge is 0.465 e. The Bertz CT molecular complexity index is 178. The third kappa shape index (κ3) is 8.43. The molecule has 0 spiro atoms. The standard InChI is InChI=1S/C12H25NO2/c1-9(2)8-15-12(14)10(3)6-5-7-11(4)13/h9-11H,5-8,13H2,1-4H3. The summed E-state index contributed by atoms with van der Waals surface area (Å²) in [5.41, 5.74) is 5.64. The molecule has 2 atom stereocenters. The second-order valence-corrected chi connectivity index (χ2v) is 4.83. The molecule has 15 heavy (non-hydrogen) atoms. The van der Waals surface area contributed by atoms with Crippen molar-refractivity contribution in [2.75, 3.05) is 6.61 Å². The van der Waals surface area contributed by atoms with E-state index in [1.165, 1.54) is 0 Å². The Kier molecular flexibility index (Phi) is 7.39. The summed E-state index contributed by atoms with van der Waals surface area (Å²) in [5, 5.41) is 0. The molecule has 2 N–H and O–H groups in total. The van der Waals surface area contributed by atoms with Crippen molar-refractivity contribution in [2.24, 2.45) is 17.6 Å². The Labute approximate surface area is 93.4 Å². The van der Waals surface area contributed by atoms with Crippen molar-refractivity contribution in [3.8, 4) is 0 Å². The van der Waals surface area contributed by atoms with E-state index >= 15 is 0 Å². The van der Waals surface area contributed by atoms with E-state index in [-0.39, 0.29) is 17.9 Å². The zero-order chi connectivity index (χ0) is 11.8. The van der Waals surface area contributed by atoms with E-state index in [4.69, 9.17) is 10.5 Å². The molecule has 0 bridgehead atoms. The predicted molar refractivity (Wildman–Crippen MR) is 62.5 cm³/mol. The minimum absolute atomic E-state index is 0.00231. The van der Waals surface area contributed by atoms with Gasteiger partial charge < -0.3 is 10.5 Å². The summed E-state index contributed by atoms with van der Waals surface area (Å²) in [4.78, 5) is 11.5. The molecule has 0 aliphatic carbocycles. The van der Waals surface area contributed by atoms with Crippen LogP contribution in [-0.4, -0.2) is 18.6 Å². The number of carbonyl (C=O) groups is 1. The van der Waals surface area contributed by atoms with Crippen molar-refractivity contribution >= 4 is 5.97 Å². The number of hydrogen-bond donors (Lipinski definition) is 1. The molecular formula is C12H25NO2. The van der Waals surface area contributed by atoms with Crippen molar-refractivity contribution in [1.29, 1.82) is 0 Å².